The van der Waals surface area contributed by atoms with E-state index >= 15 is 0 Å². The highest BCUT2D eigenvalue weighted by Gasteiger charge is -0.0148. The summed E-state index contributed by atoms with van der Waals surface area (Å²) in [6.07, 6.45) is 0. The maximum Gasteiger partial charge on any atom is -0.0149 e. The standard InChI is InChI=1S/4BrH.H4Si/h4*1H;1H4. The lowest BCUT2D eigenvalue weighted by molar-refractivity contribution is 5.75. The van der Waals surface area contributed by atoms with Crippen LogP contribution in [0.1, 0.15) is 0 Å². The highest BCUT2D eigenvalue weighted by atomic mass is 79.9. The van der Waals surface area contributed by atoms with Gasteiger partial charge in [0, 0.05) is 0 Å². The molecule has 0 nitrogen and oxygen atoms in total. The molecular weight excluding hydrogens is 348 g/mol. The number of hydrogen-bond donors (Lipinski definition) is 0. The molecule has 0 atom stereocenters. The maximum absolute atomic E-state index is 0. The summed E-state index contributed by atoms with van der Waals surface area (Å²) >= 11 is 0. The van der Waals surface area contributed by atoms with Gasteiger partial charge in [0.2, 0.25) is 0 Å². The van der Waals surface area contributed by atoms with Crippen molar-refractivity contribution in [1.29, 1.82) is 0 Å². The molecule has 0 rings (SSSR count). The molecule has 0 fully saturated rings. The molecular formula is H8Br4Si. The minimum atomic E-state index is 0. The van der Waals surface area contributed by atoms with E-state index in [0.717, 1.165) is 0 Å². The molecule has 5 heteroatoms. The van der Waals surface area contributed by atoms with Crippen molar-refractivity contribution < 1.29 is 0 Å². The zero-order valence-electron chi connectivity index (χ0n) is 1.63. The van der Waals surface area contributed by atoms with Crippen LogP contribution in [-0.2, 0) is 0 Å². The largest absolute Gasteiger partial charge is 0.114 e. The lowest BCUT2D eigenvalue weighted by Crippen LogP contribution is -0.381. The third-order valence-electron chi connectivity index (χ3n) is 0. The van der Waals surface area contributed by atoms with Gasteiger partial charge in [-0.2, -0.15) is 0 Å². The highest BCUT2D eigenvalue weighted by Crippen LogP contribution is 0.849. The highest BCUT2D eigenvalue weighted by molar-refractivity contribution is 8.93. The van der Waals surface area contributed by atoms with E-state index in [1.807, 2.05) is 0 Å². The van der Waals surface area contributed by atoms with E-state index in [2.05, 4.69) is 0 Å². The zero-order valence-corrected chi connectivity index (χ0v) is 8.49. The Kier molecular flexibility index (Phi) is 418. The van der Waals surface area contributed by atoms with Crippen molar-refractivity contribution in [2.75, 3.05) is 0 Å². The van der Waals surface area contributed by atoms with Crippen LogP contribution in [0.2, 0.25) is 0 Å². The van der Waals surface area contributed by atoms with Gasteiger partial charge in [0.25, 0.3) is 0 Å². The molecule has 5 heavy (non-hydrogen) atoms. The van der Waals surface area contributed by atoms with E-state index in [-0.39, 0.29) is 78.9 Å². The second kappa shape index (κ2) is 35.5. The first-order chi connectivity index (χ1) is 0. The molecule has 0 saturated carbocycles. The normalized spacial score (nSPS) is 0. The summed E-state index contributed by atoms with van der Waals surface area (Å²) in [6.45, 7) is 0. The fourth-order valence-corrected chi connectivity index (χ4v) is 0. The fraction of sp³-hybridized carbons (Fsp3) is 0. The third kappa shape index (κ3) is 23.0. The quantitative estimate of drug-likeness (QED) is 0.566. The van der Waals surface area contributed by atoms with Gasteiger partial charge in [0.15, 0.2) is 0 Å². The van der Waals surface area contributed by atoms with E-state index in [0.29, 0.717) is 0 Å². The first-order valence-corrected chi connectivity index (χ1v) is 0. The predicted molar refractivity (Wildman–Crippen MR) is 52.6 cm³/mol. The van der Waals surface area contributed by atoms with E-state index < -0.39 is 0 Å². The molecule has 0 amide bonds. The molecule has 40 valence electrons. The van der Waals surface area contributed by atoms with Crippen LogP contribution < -0.4 is 0 Å². The summed E-state index contributed by atoms with van der Waals surface area (Å²) in [7, 11) is 0. The van der Waals surface area contributed by atoms with Crippen LogP contribution >= 0.6 is 67.9 Å². The van der Waals surface area contributed by atoms with Crippen LogP contribution in [0.25, 0.3) is 0 Å². The Balaban J connectivity index is 0. The fourth-order valence-electron chi connectivity index (χ4n) is 0. The van der Waals surface area contributed by atoms with Crippen molar-refractivity contribution in [3.8, 4) is 0 Å². The Morgan fingerprint density at radius 1 is 0.400 bits per heavy atom. The molecule has 0 N–H and O–H groups in total. The molecule has 0 unspecified atom stereocenters. The predicted octanol–water partition coefficient (Wildman–Crippen LogP) is 0.860. The summed E-state index contributed by atoms with van der Waals surface area (Å²) in [5, 5.41) is 0. The first-order valence-electron chi connectivity index (χ1n) is 0. The Morgan fingerprint density at radius 3 is 0.400 bits per heavy atom. The van der Waals surface area contributed by atoms with Crippen LogP contribution in [0.15, 0.2) is 0 Å². The molecule has 0 aromatic rings. The van der Waals surface area contributed by atoms with Gasteiger partial charge in [0.1, 0.15) is 0 Å². The second-order valence-corrected chi connectivity index (χ2v) is 0. The van der Waals surface area contributed by atoms with E-state index in [4.69, 9.17) is 0 Å². The van der Waals surface area contributed by atoms with Gasteiger partial charge in [-0.15, -0.1) is 67.9 Å². The Labute approximate surface area is 78.2 Å². The minimum Gasteiger partial charge on any atom is -0.114 e. The Bertz CT molecular complexity index is 3.61. The van der Waals surface area contributed by atoms with Crippen LogP contribution in [-0.4, -0.2) is 11.0 Å². The van der Waals surface area contributed by atoms with Crippen molar-refractivity contribution in [3.63, 3.8) is 0 Å². The smallest absolute Gasteiger partial charge is 0.0149 e. The van der Waals surface area contributed by atoms with Gasteiger partial charge >= 0.3 is 0 Å². The molecule has 0 aliphatic carbocycles. The van der Waals surface area contributed by atoms with Crippen molar-refractivity contribution in [1.82, 2.24) is 0 Å². The van der Waals surface area contributed by atoms with Gasteiger partial charge in [-0.3, -0.25) is 0 Å². The zero-order chi connectivity index (χ0) is 0. The van der Waals surface area contributed by atoms with Crippen LogP contribution in [0.5, 0.6) is 0 Å². The molecule has 0 saturated heterocycles. The van der Waals surface area contributed by atoms with Crippen LogP contribution in [0.4, 0.5) is 0 Å². The third-order valence-corrected chi connectivity index (χ3v) is 0. The van der Waals surface area contributed by atoms with Crippen LogP contribution in [0, 0.1) is 0 Å². The van der Waals surface area contributed by atoms with Crippen molar-refractivity contribution in [2.45, 2.75) is 0 Å². The molecule has 0 aromatic carbocycles. The van der Waals surface area contributed by atoms with Gasteiger partial charge in [-0.1, -0.05) is 0 Å². The summed E-state index contributed by atoms with van der Waals surface area (Å²) in [6, 6.07) is 0. The average Bonchev–Trinajstić information content (AvgIpc) is 0. The number of hydrogen-bond acceptors (Lipinski definition) is 0. The lowest BCUT2D eigenvalue weighted by atomic mass is 28.1. The Morgan fingerprint density at radius 2 is 0.400 bits per heavy atom. The van der Waals surface area contributed by atoms with Crippen molar-refractivity contribution >= 4 is 78.9 Å². The summed E-state index contributed by atoms with van der Waals surface area (Å²) in [5.41, 5.74) is 0. The Hall–Kier alpha value is 2.14. The lowest BCUT2D eigenvalue weighted by Gasteiger charge is -0.115. The number of rotatable bonds is 0. The van der Waals surface area contributed by atoms with Gasteiger partial charge in [-0.25, -0.2) is 0 Å². The van der Waals surface area contributed by atoms with Crippen LogP contribution in [0.3, 0.4) is 0 Å². The monoisotopic (exact) mass is 352 g/mol. The second-order valence-electron chi connectivity index (χ2n) is 0. The van der Waals surface area contributed by atoms with E-state index in [9.17, 15) is 0 Å². The molecule has 0 radical (unpaired) electrons. The van der Waals surface area contributed by atoms with Crippen molar-refractivity contribution in [2.24, 2.45) is 0 Å². The summed E-state index contributed by atoms with van der Waals surface area (Å²) < 4.78 is 0. The van der Waals surface area contributed by atoms with Gasteiger partial charge in [-0.05, 0) is 11.0 Å². The van der Waals surface area contributed by atoms with Gasteiger partial charge < -0.3 is 0 Å². The molecule has 0 heterocycles. The first kappa shape index (κ1) is 58.9. The molecule has 0 aliphatic rings. The van der Waals surface area contributed by atoms with Gasteiger partial charge in [0.05, 0.1) is 0 Å². The number of halogens is 4. The molecule has 0 aliphatic heterocycles. The minimum absolute atomic E-state index is 0. The summed E-state index contributed by atoms with van der Waals surface area (Å²) in [5.74, 6) is 0. The molecule has 0 spiro atoms. The summed E-state index contributed by atoms with van der Waals surface area (Å²) in [4.78, 5) is 0. The average molecular weight is 356 g/mol. The topological polar surface area (TPSA) is 0 Å². The van der Waals surface area contributed by atoms with E-state index in [1.165, 1.54) is 0 Å². The SMILES string of the molecule is Br.Br.Br.Br.[SiH4]. The molecule has 0 bridgehead atoms. The van der Waals surface area contributed by atoms with E-state index in [1.54, 1.807) is 0 Å². The van der Waals surface area contributed by atoms with Crippen molar-refractivity contribution in [3.05, 3.63) is 0 Å². The molecule has 0 aromatic heterocycles. The maximum atomic E-state index is 0.